The summed E-state index contributed by atoms with van der Waals surface area (Å²) in [5.74, 6) is 1.66. The van der Waals surface area contributed by atoms with Crippen molar-refractivity contribution >= 4 is 6.08 Å². The molecule has 0 heterocycles. The number of benzene rings is 1. The van der Waals surface area contributed by atoms with Crippen molar-refractivity contribution in [3.8, 4) is 23.3 Å². The van der Waals surface area contributed by atoms with Crippen molar-refractivity contribution in [1.29, 1.82) is 5.26 Å². The highest BCUT2D eigenvalue weighted by atomic mass is 16.5. The number of rotatable bonds is 4. The van der Waals surface area contributed by atoms with Gasteiger partial charge in [0.2, 0.25) is 5.75 Å². The second-order valence-electron chi connectivity index (χ2n) is 2.89. The third-order valence-corrected chi connectivity index (χ3v) is 2.07. The SMILES string of the molecule is COc1ccc(/C=C/C#N)c(OC)c1OC. The smallest absolute Gasteiger partial charge is 0.203 e. The Morgan fingerprint density at radius 2 is 1.75 bits per heavy atom. The summed E-state index contributed by atoms with van der Waals surface area (Å²) in [5, 5.41) is 8.48. The van der Waals surface area contributed by atoms with Gasteiger partial charge in [-0.1, -0.05) is 0 Å². The lowest BCUT2D eigenvalue weighted by atomic mass is 10.1. The van der Waals surface area contributed by atoms with Crippen LogP contribution in [-0.2, 0) is 0 Å². The van der Waals surface area contributed by atoms with Crippen LogP contribution < -0.4 is 14.2 Å². The van der Waals surface area contributed by atoms with Gasteiger partial charge >= 0.3 is 0 Å². The molecule has 0 aliphatic carbocycles. The van der Waals surface area contributed by atoms with Crippen LogP contribution in [0.1, 0.15) is 5.56 Å². The van der Waals surface area contributed by atoms with Crippen LogP contribution in [0, 0.1) is 11.3 Å². The highest BCUT2D eigenvalue weighted by Crippen LogP contribution is 2.40. The first-order chi connectivity index (χ1) is 7.78. The van der Waals surface area contributed by atoms with Crippen LogP contribution in [-0.4, -0.2) is 21.3 Å². The normalized spacial score (nSPS) is 9.88. The maximum absolute atomic E-state index is 8.48. The van der Waals surface area contributed by atoms with Crippen LogP contribution >= 0.6 is 0 Å². The van der Waals surface area contributed by atoms with E-state index >= 15 is 0 Å². The number of ether oxygens (including phenoxy) is 3. The fraction of sp³-hybridized carbons (Fsp3) is 0.250. The average molecular weight is 219 g/mol. The molecular weight excluding hydrogens is 206 g/mol. The van der Waals surface area contributed by atoms with E-state index in [1.54, 1.807) is 32.4 Å². The Morgan fingerprint density at radius 1 is 1.06 bits per heavy atom. The quantitative estimate of drug-likeness (QED) is 0.729. The minimum atomic E-state index is 0.519. The molecule has 0 saturated heterocycles. The lowest BCUT2D eigenvalue weighted by Crippen LogP contribution is -1.96. The summed E-state index contributed by atoms with van der Waals surface area (Å²) in [5.41, 5.74) is 0.765. The van der Waals surface area contributed by atoms with Crippen LogP contribution in [0.2, 0.25) is 0 Å². The van der Waals surface area contributed by atoms with Gasteiger partial charge in [0.05, 0.1) is 27.4 Å². The Kier molecular flexibility index (Phi) is 4.22. The van der Waals surface area contributed by atoms with Gasteiger partial charge in [-0.25, -0.2) is 0 Å². The summed E-state index contributed by atoms with van der Waals surface area (Å²) < 4.78 is 15.6. The van der Waals surface area contributed by atoms with Crippen molar-refractivity contribution in [3.63, 3.8) is 0 Å². The van der Waals surface area contributed by atoms with Gasteiger partial charge in [0.15, 0.2) is 11.5 Å². The zero-order valence-electron chi connectivity index (χ0n) is 9.48. The third-order valence-electron chi connectivity index (χ3n) is 2.07. The molecule has 16 heavy (non-hydrogen) atoms. The third kappa shape index (κ3) is 2.26. The van der Waals surface area contributed by atoms with Gasteiger partial charge in [-0.15, -0.1) is 0 Å². The van der Waals surface area contributed by atoms with Gasteiger partial charge in [0.25, 0.3) is 0 Å². The molecule has 4 heteroatoms. The maximum atomic E-state index is 8.48. The van der Waals surface area contributed by atoms with E-state index < -0.39 is 0 Å². The predicted molar refractivity (Wildman–Crippen MR) is 60.7 cm³/mol. The number of hydrogen-bond donors (Lipinski definition) is 0. The molecule has 0 saturated carbocycles. The molecule has 0 amide bonds. The zero-order valence-corrected chi connectivity index (χ0v) is 9.48. The van der Waals surface area contributed by atoms with E-state index in [0.29, 0.717) is 17.2 Å². The molecule has 0 aliphatic rings. The molecule has 0 aromatic heterocycles. The van der Waals surface area contributed by atoms with Crippen LogP contribution in [0.3, 0.4) is 0 Å². The first kappa shape index (κ1) is 11.9. The van der Waals surface area contributed by atoms with Crippen molar-refractivity contribution in [2.75, 3.05) is 21.3 Å². The number of allylic oxidation sites excluding steroid dienone is 1. The summed E-state index contributed by atoms with van der Waals surface area (Å²) in [6.07, 6.45) is 3.03. The Bertz CT molecular complexity index is 433. The van der Waals surface area contributed by atoms with Crippen molar-refractivity contribution in [2.24, 2.45) is 0 Å². The number of hydrogen-bond acceptors (Lipinski definition) is 4. The Morgan fingerprint density at radius 3 is 2.25 bits per heavy atom. The van der Waals surface area contributed by atoms with Crippen LogP contribution in [0.25, 0.3) is 6.08 Å². The van der Waals surface area contributed by atoms with Gasteiger partial charge in [0, 0.05) is 11.6 Å². The lowest BCUT2D eigenvalue weighted by Gasteiger charge is -2.13. The van der Waals surface area contributed by atoms with Crippen LogP contribution in [0.15, 0.2) is 18.2 Å². The number of nitrogens with zero attached hydrogens (tertiary/aromatic N) is 1. The van der Waals surface area contributed by atoms with Crippen molar-refractivity contribution in [1.82, 2.24) is 0 Å². The second-order valence-corrected chi connectivity index (χ2v) is 2.89. The first-order valence-electron chi connectivity index (χ1n) is 4.63. The Balaban J connectivity index is 3.32. The monoisotopic (exact) mass is 219 g/mol. The number of methoxy groups -OCH3 is 3. The lowest BCUT2D eigenvalue weighted by molar-refractivity contribution is 0.324. The van der Waals surface area contributed by atoms with E-state index in [2.05, 4.69) is 0 Å². The van der Waals surface area contributed by atoms with E-state index in [4.69, 9.17) is 19.5 Å². The summed E-state index contributed by atoms with van der Waals surface area (Å²) in [4.78, 5) is 0. The molecule has 0 bridgehead atoms. The van der Waals surface area contributed by atoms with Crippen molar-refractivity contribution < 1.29 is 14.2 Å². The molecule has 0 aliphatic heterocycles. The minimum Gasteiger partial charge on any atom is -0.493 e. The molecule has 0 unspecified atom stereocenters. The molecule has 0 N–H and O–H groups in total. The van der Waals surface area contributed by atoms with Gasteiger partial charge in [-0.2, -0.15) is 5.26 Å². The van der Waals surface area contributed by atoms with Gasteiger partial charge in [-0.05, 0) is 18.2 Å². The van der Waals surface area contributed by atoms with Crippen molar-refractivity contribution in [3.05, 3.63) is 23.8 Å². The zero-order chi connectivity index (χ0) is 12.0. The molecule has 0 atom stereocenters. The van der Waals surface area contributed by atoms with E-state index in [9.17, 15) is 0 Å². The molecule has 1 aromatic rings. The maximum Gasteiger partial charge on any atom is 0.203 e. The van der Waals surface area contributed by atoms with Gasteiger partial charge in [-0.3, -0.25) is 0 Å². The average Bonchev–Trinajstić information content (AvgIpc) is 2.34. The predicted octanol–water partition coefficient (Wildman–Crippen LogP) is 2.25. The Hall–Kier alpha value is -2.15. The fourth-order valence-corrected chi connectivity index (χ4v) is 1.38. The molecule has 1 rings (SSSR count). The summed E-state index contributed by atoms with van der Waals surface area (Å²) in [7, 11) is 4.64. The van der Waals surface area contributed by atoms with E-state index in [0.717, 1.165) is 5.56 Å². The molecule has 4 nitrogen and oxygen atoms in total. The first-order valence-corrected chi connectivity index (χ1v) is 4.63. The number of nitriles is 1. The minimum absolute atomic E-state index is 0.519. The van der Waals surface area contributed by atoms with Gasteiger partial charge < -0.3 is 14.2 Å². The molecular formula is C12H13NO3. The molecule has 0 spiro atoms. The second kappa shape index (κ2) is 5.66. The topological polar surface area (TPSA) is 51.5 Å². The van der Waals surface area contributed by atoms with E-state index in [1.807, 2.05) is 6.07 Å². The molecule has 84 valence electrons. The largest absolute Gasteiger partial charge is 0.493 e. The van der Waals surface area contributed by atoms with E-state index in [-0.39, 0.29) is 0 Å². The molecule has 1 aromatic carbocycles. The summed E-state index contributed by atoms with van der Waals surface area (Å²) in [6.45, 7) is 0. The standard InChI is InChI=1S/C12H13NO3/c1-14-10-7-6-9(5-4-8-13)11(15-2)12(10)16-3/h4-7H,1-3H3/b5-4+. The van der Waals surface area contributed by atoms with E-state index in [1.165, 1.54) is 13.2 Å². The van der Waals surface area contributed by atoms with Crippen molar-refractivity contribution in [2.45, 2.75) is 0 Å². The van der Waals surface area contributed by atoms with Crippen LogP contribution in [0.5, 0.6) is 17.2 Å². The fourth-order valence-electron chi connectivity index (χ4n) is 1.38. The highest BCUT2D eigenvalue weighted by Gasteiger charge is 2.13. The molecule has 0 radical (unpaired) electrons. The van der Waals surface area contributed by atoms with Gasteiger partial charge in [0.1, 0.15) is 0 Å². The Labute approximate surface area is 94.7 Å². The summed E-state index contributed by atoms with van der Waals surface area (Å²) >= 11 is 0. The van der Waals surface area contributed by atoms with Crippen LogP contribution in [0.4, 0.5) is 0 Å². The molecule has 0 fully saturated rings. The summed E-state index contributed by atoms with van der Waals surface area (Å²) in [6, 6.07) is 5.49. The highest BCUT2D eigenvalue weighted by molar-refractivity contribution is 5.67.